The number of aromatic nitrogens is 2. The van der Waals surface area contributed by atoms with Crippen molar-refractivity contribution < 1.29 is 0 Å². The zero-order chi connectivity index (χ0) is 14.5. The summed E-state index contributed by atoms with van der Waals surface area (Å²) >= 11 is 0. The van der Waals surface area contributed by atoms with Gasteiger partial charge in [-0.15, -0.1) is 0 Å². The highest BCUT2D eigenvalue weighted by molar-refractivity contribution is 5.32. The van der Waals surface area contributed by atoms with E-state index in [9.17, 15) is 0 Å². The molecule has 3 rings (SSSR count). The van der Waals surface area contributed by atoms with Crippen molar-refractivity contribution in [1.82, 2.24) is 9.55 Å². The maximum atomic E-state index is 8.83. The molecule has 0 amide bonds. The third-order valence-corrected chi connectivity index (χ3v) is 3.46. The van der Waals surface area contributed by atoms with Gasteiger partial charge in [-0.3, -0.25) is 0 Å². The largest absolute Gasteiger partial charge is 0.330 e. The number of benzene rings is 2. The molecule has 0 aliphatic rings. The molecule has 0 atom stereocenters. The topological polar surface area (TPSA) is 41.6 Å². The Hall–Kier alpha value is -2.86. The first-order valence-corrected chi connectivity index (χ1v) is 6.87. The number of hydrogen-bond acceptors (Lipinski definition) is 2. The summed E-state index contributed by atoms with van der Waals surface area (Å²) in [6, 6.07) is 20.2. The summed E-state index contributed by atoms with van der Waals surface area (Å²) in [6.07, 6.45) is 4.64. The second-order valence-electron chi connectivity index (χ2n) is 4.98. The van der Waals surface area contributed by atoms with Gasteiger partial charge >= 0.3 is 0 Å². The molecule has 0 bridgehead atoms. The number of imidazole rings is 1. The van der Waals surface area contributed by atoms with E-state index in [0.29, 0.717) is 5.56 Å². The van der Waals surface area contributed by atoms with Crippen LogP contribution in [0.3, 0.4) is 0 Å². The summed E-state index contributed by atoms with van der Waals surface area (Å²) in [5, 5.41) is 8.83. The number of hydrogen-bond donors (Lipinski definition) is 0. The molecule has 0 saturated carbocycles. The summed E-state index contributed by atoms with van der Waals surface area (Å²) in [5.41, 5.74) is 4.32. The van der Waals surface area contributed by atoms with Gasteiger partial charge in [-0.1, -0.05) is 42.5 Å². The van der Waals surface area contributed by atoms with Crippen molar-refractivity contribution in [3.05, 3.63) is 89.5 Å². The molecule has 0 aliphatic heterocycles. The summed E-state index contributed by atoms with van der Waals surface area (Å²) in [6.45, 7) is 0.772. The van der Waals surface area contributed by atoms with E-state index in [4.69, 9.17) is 5.26 Å². The highest BCUT2D eigenvalue weighted by Crippen LogP contribution is 2.12. The molecular formula is C18H15N3. The minimum atomic E-state index is 0.689. The minimum Gasteiger partial charge on any atom is -0.330 e. The standard InChI is InChI=1S/C18H15N3/c19-11-16-6-8-17(9-7-16)13-21-14-20-12-18(21)10-15-4-2-1-3-5-15/h1-9,12,14H,10,13H2. The van der Waals surface area contributed by atoms with Crippen LogP contribution in [0.1, 0.15) is 22.4 Å². The van der Waals surface area contributed by atoms with Crippen LogP contribution in [0.4, 0.5) is 0 Å². The van der Waals surface area contributed by atoms with Gasteiger partial charge in [0, 0.05) is 24.9 Å². The lowest BCUT2D eigenvalue weighted by atomic mass is 10.1. The van der Waals surface area contributed by atoms with Gasteiger partial charge in [-0.25, -0.2) is 4.98 Å². The second-order valence-corrected chi connectivity index (χ2v) is 4.98. The Balaban J connectivity index is 1.77. The maximum absolute atomic E-state index is 8.83. The van der Waals surface area contributed by atoms with E-state index in [2.05, 4.69) is 39.9 Å². The van der Waals surface area contributed by atoms with E-state index in [1.807, 2.05) is 42.9 Å². The molecule has 0 unspecified atom stereocenters. The molecule has 3 heteroatoms. The first kappa shape index (κ1) is 13.1. The van der Waals surface area contributed by atoms with Gasteiger partial charge in [0.25, 0.3) is 0 Å². The van der Waals surface area contributed by atoms with Gasteiger partial charge in [-0.05, 0) is 23.3 Å². The van der Waals surface area contributed by atoms with Gasteiger partial charge in [0.05, 0.1) is 18.0 Å². The lowest BCUT2D eigenvalue weighted by Crippen LogP contribution is -2.03. The molecular weight excluding hydrogens is 258 g/mol. The molecule has 0 spiro atoms. The Morgan fingerprint density at radius 2 is 1.71 bits per heavy atom. The van der Waals surface area contributed by atoms with Crippen LogP contribution in [-0.2, 0) is 13.0 Å². The van der Waals surface area contributed by atoms with E-state index < -0.39 is 0 Å². The van der Waals surface area contributed by atoms with Gasteiger partial charge in [-0.2, -0.15) is 5.26 Å². The zero-order valence-electron chi connectivity index (χ0n) is 11.6. The van der Waals surface area contributed by atoms with E-state index in [0.717, 1.165) is 13.0 Å². The number of rotatable bonds is 4. The highest BCUT2D eigenvalue weighted by atomic mass is 15.0. The van der Waals surface area contributed by atoms with Crippen LogP contribution in [0.2, 0.25) is 0 Å². The first-order valence-electron chi connectivity index (χ1n) is 6.87. The van der Waals surface area contributed by atoms with E-state index in [1.54, 1.807) is 0 Å². The van der Waals surface area contributed by atoms with E-state index >= 15 is 0 Å². The molecule has 1 aromatic heterocycles. The van der Waals surface area contributed by atoms with Crippen LogP contribution in [0.5, 0.6) is 0 Å². The number of nitrogens with zero attached hydrogens (tertiary/aromatic N) is 3. The van der Waals surface area contributed by atoms with Crippen molar-refractivity contribution in [2.75, 3.05) is 0 Å². The Kier molecular flexibility index (Phi) is 3.79. The SMILES string of the molecule is N#Cc1ccc(Cn2cncc2Cc2ccccc2)cc1. The molecule has 3 nitrogen and oxygen atoms in total. The summed E-state index contributed by atoms with van der Waals surface area (Å²) in [7, 11) is 0. The molecule has 3 aromatic rings. The molecule has 21 heavy (non-hydrogen) atoms. The highest BCUT2D eigenvalue weighted by Gasteiger charge is 2.04. The van der Waals surface area contributed by atoms with Crippen molar-refractivity contribution in [1.29, 1.82) is 5.26 Å². The Morgan fingerprint density at radius 3 is 2.43 bits per heavy atom. The molecule has 0 saturated heterocycles. The van der Waals surface area contributed by atoms with Crippen LogP contribution in [0.25, 0.3) is 0 Å². The summed E-state index contributed by atoms with van der Waals surface area (Å²) < 4.78 is 2.15. The van der Waals surface area contributed by atoms with Crippen LogP contribution in [0.15, 0.2) is 67.1 Å². The number of nitriles is 1. The average Bonchev–Trinajstić information content (AvgIpc) is 2.96. The lowest BCUT2D eigenvalue weighted by Gasteiger charge is -2.08. The van der Waals surface area contributed by atoms with Crippen LogP contribution in [-0.4, -0.2) is 9.55 Å². The molecule has 2 aromatic carbocycles. The Bertz CT molecular complexity index is 749. The van der Waals surface area contributed by atoms with E-state index in [-0.39, 0.29) is 0 Å². The fraction of sp³-hybridized carbons (Fsp3) is 0.111. The molecule has 0 fully saturated rings. The molecule has 0 aliphatic carbocycles. The van der Waals surface area contributed by atoms with Crippen LogP contribution < -0.4 is 0 Å². The van der Waals surface area contributed by atoms with E-state index in [1.165, 1.54) is 16.8 Å². The Morgan fingerprint density at radius 1 is 0.952 bits per heavy atom. The quantitative estimate of drug-likeness (QED) is 0.731. The summed E-state index contributed by atoms with van der Waals surface area (Å²) in [5.74, 6) is 0. The molecule has 102 valence electrons. The molecule has 1 heterocycles. The zero-order valence-corrected chi connectivity index (χ0v) is 11.6. The smallest absolute Gasteiger partial charge is 0.0991 e. The Labute approximate surface area is 124 Å². The van der Waals surface area contributed by atoms with Crippen molar-refractivity contribution in [2.24, 2.45) is 0 Å². The van der Waals surface area contributed by atoms with Gasteiger partial charge in [0.1, 0.15) is 0 Å². The monoisotopic (exact) mass is 273 g/mol. The third-order valence-electron chi connectivity index (χ3n) is 3.46. The van der Waals surface area contributed by atoms with Gasteiger partial charge in [0.2, 0.25) is 0 Å². The molecule has 0 radical (unpaired) electrons. The van der Waals surface area contributed by atoms with Gasteiger partial charge in [0.15, 0.2) is 0 Å². The molecule has 0 N–H and O–H groups in total. The maximum Gasteiger partial charge on any atom is 0.0991 e. The second kappa shape index (κ2) is 6.06. The van der Waals surface area contributed by atoms with Crippen molar-refractivity contribution in [3.8, 4) is 6.07 Å². The predicted molar refractivity (Wildman–Crippen MR) is 81.7 cm³/mol. The van der Waals surface area contributed by atoms with Crippen molar-refractivity contribution in [2.45, 2.75) is 13.0 Å². The van der Waals surface area contributed by atoms with Crippen molar-refractivity contribution in [3.63, 3.8) is 0 Å². The van der Waals surface area contributed by atoms with Gasteiger partial charge < -0.3 is 4.57 Å². The minimum absolute atomic E-state index is 0.689. The van der Waals surface area contributed by atoms with Crippen LogP contribution >= 0.6 is 0 Å². The fourth-order valence-electron chi connectivity index (χ4n) is 2.32. The predicted octanol–water partition coefficient (Wildman–Crippen LogP) is 3.39. The van der Waals surface area contributed by atoms with Crippen LogP contribution in [0, 0.1) is 11.3 Å². The summed E-state index contributed by atoms with van der Waals surface area (Å²) in [4.78, 5) is 4.26. The van der Waals surface area contributed by atoms with Crippen molar-refractivity contribution >= 4 is 0 Å². The normalized spacial score (nSPS) is 10.2. The first-order chi connectivity index (χ1) is 10.3. The fourth-order valence-corrected chi connectivity index (χ4v) is 2.32. The average molecular weight is 273 g/mol. The third kappa shape index (κ3) is 3.18. The lowest BCUT2D eigenvalue weighted by molar-refractivity contribution is 0.753.